The molecule has 2 atom stereocenters. The van der Waals surface area contributed by atoms with Crippen LogP contribution in [0.25, 0.3) is 10.4 Å². The average Bonchev–Trinajstić information content (AvgIpc) is 2.84. The lowest BCUT2D eigenvalue weighted by Gasteiger charge is -2.19. The summed E-state index contributed by atoms with van der Waals surface area (Å²) in [4.78, 5) is 15.1. The zero-order valence-corrected chi connectivity index (χ0v) is 20.4. The van der Waals surface area contributed by atoms with E-state index in [1.54, 1.807) is 30.3 Å². The number of nitrogens with zero attached hydrogens (tertiary/aromatic N) is 3. The molecule has 1 aromatic rings. The van der Waals surface area contributed by atoms with Gasteiger partial charge < -0.3 is 9.84 Å². The van der Waals surface area contributed by atoms with Crippen molar-refractivity contribution in [3.05, 3.63) is 58.5 Å². The number of rotatable bonds is 20. The molecule has 1 rings (SSSR count). The van der Waals surface area contributed by atoms with Gasteiger partial charge in [0, 0.05) is 4.91 Å². The van der Waals surface area contributed by atoms with Crippen molar-refractivity contribution in [1.29, 1.82) is 0 Å². The van der Waals surface area contributed by atoms with Gasteiger partial charge in [0.15, 0.2) is 0 Å². The largest absolute Gasteiger partial charge is 0.454 e. The third-order valence-corrected chi connectivity index (χ3v) is 5.82. The van der Waals surface area contributed by atoms with Crippen molar-refractivity contribution in [1.82, 2.24) is 0 Å². The molecule has 0 aliphatic carbocycles. The van der Waals surface area contributed by atoms with Crippen LogP contribution < -0.4 is 0 Å². The minimum Gasteiger partial charge on any atom is -0.454 e. The summed E-state index contributed by atoms with van der Waals surface area (Å²) < 4.78 is 5.51. The molecule has 0 fully saturated rings. The van der Waals surface area contributed by atoms with Gasteiger partial charge in [0.1, 0.15) is 12.1 Å². The number of unbranched alkanes of at least 4 members (excludes halogenated alkanes) is 13. The lowest BCUT2D eigenvalue weighted by atomic mass is 10.0. The highest BCUT2D eigenvalue weighted by molar-refractivity contribution is 5.89. The fraction of sp³-hybridized carbons (Fsp3) is 0.667. The molecule has 184 valence electrons. The van der Waals surface area contributed by atoms with Gasteiger partial charge in [0.25, 0.3) is 0 Å². The summed E-state index contributed by atoms with van der Waals surface area (Å²) in [5.41, 5.74) is 9.18. The van der Waals surface area contributed by atoms with Gasteiger partial charge in [-0.3, -0.25) is 0 Å². The summed E-state index contributed by atoms with van der Waals surface area (Å²) in [5.74, 6) is -0.502. The molecule has 0 amide bonds. The van der Waals surface area contributed by atoms with Gasteiger partial charge in [-0.15, -0.1) is 0 Å². The summed E-state index contributed by atoms with van der Waals surface area (Å²) in [7, 11) is 0. The number of aliphatic hydroxyl groups is 1. The highest BCUT2D eigenvalue weighted by Gasteiger charge is 2.22. The number of ether oxygens (including phenoxy) is 1. The van der Waals surface area contributed by atoms with Crippen LogP contribution >= 0.6 is 0 Å². The molecule has 0 aliphatic heterocycles. The summed E-state index contributed by atoms with van der Waals surface area (Å²) in [6, 6.07) is 7.82. The first-order valence-corrected chi connectivity index (χ1v) is 12.8. The molecule has 0 saturated carbocycles. The van der Waals surface area contributed by atoms with Crippen molar-refractivity contribution in [2.75, 3.05) is 6.61 Å². The smallest absolute Gasteiger partial charge is 0.338 e. The fourth-order valence-corrected chi connectivity index (χ4v) is 3.79. The third kappa shape index (κ3) is 14.5. The van der Waals surface area contributed by atoms with E-state index in [1.807, 2.05) is 12.1 Å². The molecule has 1 aromatic carbocycles. The monoisotopic (exact) mass is 457 g/mol. The normalized spacial score (nSPS) is 12.9. The van der Waals surface area contributed by atoms with E-state index in [0.29, 0.717) is 5.56 Å². The van der Waals surface area contributed by atoms with E-state index in [2.05, 4.69) is 16.9 Å². The predicted molar refractivity (Wildman–Crippen MR) is 135 cm³/mol. The number of carbonyl (C=O) groups is 1. The number of carbonyl (C=O) groups excluding carboxylic acids is 1. The van der Waals surface area contributed by atoms with E-state index in [0.717, 1.165) is 12.8 Å². The van der Waals surface area contributed by atoms with Gasteiger partial charge in [0.2, 0.25) is 0 Å². The SMILES string of the molecule is CCCCCCCCCCCCCCC/C=C/[C@@H](OC(=O)c1ccccc1)[C@H](CO)N=[N+]=[N-]. The Morgan fingerprint density at radius 1 is 0.970 bits per heavy atom. The van der Waals surface area contributed by atoms with Crippen LogP contribution in [0.3, 0.4) is 0 Å². The number of aliphatic hydroxyl groups excluding tert-OH is 1. The maximum Gasteiger partial charge on any atom is 0.338 e. The molecule has 0 radical (unpaired) electrons. The first kappa shape index (κ1) is 28.7. The molecule has 6 heteroatoms. The van der Waals surface area contributed by atoms with Gasteiger partial charge in [-0.2, -0.15) is 0 Å². The average molecular weight is 458 g/mol. The topological polar surface area (TPSA) is 95.3 Å². The molecule has 33 heavy (non-hydrogen) atoms. The molecule has 1 N–H and O–H groups in total. The molecule has 0 aliphatic rings. The zero-order chi connectivity index (χ0) is 24.0. The first-order valence-electron chi connectivity index (χ1n) is 12.8. The summed E-state index contributed by atoms with van der Waals surface area (Å²) in [6.45, 7) is 1.87. The van der Waals surface area contributed by atoms with Crippen LogP contribution in [0.5, 0.6) is 0 Å². The van der Waals surface area contributed by atoms with Crippen LogP contribution in [-0.4, -0.2) is 29.8 Å². The van der Waals surface area contributed by atoms with Crippen LogP contribution in [0.15, 0.2) is 47.6 Å². The number of esters is 1. The Balaban J connectivity index is 2.24. The van der Waals surface area contributed by atoms with E-state index in [9.17, 15) is 9.90 Å². The number of hydrogen-bond acceptors (Lipinski definition) is 4. The highest BCUT2D eigenvalue weighted by atomic mass is 16.5. The highest BCUT2D eigenvalue weighted by Crippen LogP contribution is 2.14. The second-order valence-electron chi connectivity index (χ2n) is 8.65. The maximum absolute atomic E-state index is 12.4. The third-order valence-electron chi connectivity index (χ3n) is 5.82. The van der Waals surface area contributed by atoms with E-state index in [4.69, 9.17) is 10.3 Å². The van der Waals surface area contributed by atoms with Crippen molar-refractivity contribution in [3.63, 3.8) is 0 Å². The molecule has 0 bridgehead atoms. The second-order valence-corrected chi connectivity index (χ2v) is 8.65. The van der Waals surface area contributed by atoms with E-state index in [-0.39, 0.29) is 6.61 Å². The summed E-state index contributed by atoms with van der Waals surface area (Å²) >= 11 is 0. The first-order chi connectivity index (χ1) is 16.2. The Hall–Kier alpha value is -2.30. The molecule has 0 heterocycles. The molecule has 0 aromatic heterocycles. The van der Waals surface area contributed by atoms with Crippen LogP contribution in [0.2, 0.25) is 0 Å². The molecule has 0 spiro atoms. The predicted octanol–water partition coefficient (Wildman–Crippen LogP) is 7.92. The molecule has 6 nitrogen and oxygen atoms in total. The Kier molecular flexibility index (Phi) is 17.7. The van der Waals surface area contributed by atoms with Crippen LogP contribution in [0.4, 0.5) is 0 Å². The lowest BCUT2D eigenvalue weighted by molar-refractivity contribution is 0.0304. The van der Waals surface area contributed by atoms with E-state index < -0.39 is 18.1 Å². The Morgan fingerprint density at radius 3 is 2.03 bits per heavy atom. The number of benzene rings is 1. The van der Waals surface area contributed by atoms with Crippen molar-refractivity contribution < 1.29 is 14.6 Å². The Bertz CT molecular complexity index is 687. The van der Waals surface area contributed by atoms with Crippen LogP contribution in [-0.2, 0) is 4.74 Å². The van der Waals surface area contributed by atoms with Gasteiger partial charge in [-0.05, 0) is 36.6 Å². The van der Waals surface area contributed by atoms with Crippen molar-refractivity contribution in [2.45, 2.75) is 109 Å². The Labute approximate surface area is 200 Å². The van der Waals surface area contributed by atoms with Crippen LogP contribution in [0.1, 0.15) is 107 Å². The van der Waals surface area contributed by atoms with Gasteiger partial charge in [0.05, 0.1) is 12.2 Å². The van der Waals surface area contributed by atoms with Gasteiger partial charge >= 0.3 is 5.97 Å². The van der Waals surface area contributed by atoms with Crippen LogP contribution in [0, 0.1) is 0 Å². The summed E-state index contributed by atoms with van der Waals surface area (Å²) in [5, 5.41) is 13.1. The van der Waals surface area contributed by atoms with Gasteiger partial charge in [-0.1, -0.05) is 113 Å². The number of allylic oxidation sites excluding steroid dienone is 1. The minimum atomic E-state index is -0.842. The molecular weight excluding hydrogens is 414 g/mol. The minimum absolute atomic E-state index is 0.389. The summed E-state index contributed by atoms with van der Waals surface area (Å²) in [6.07, 6.45) is 20.9. The zero-order valence-electron chi connectivity index (χ0n) is 20.4. The molecule has 0 unspecified atom stereocenters. The maximum atomic E-state index is 12.4. The van der Waals surface area contributed by atoms with Crippen molar-refractivity contribution in [3.8, 4) is 0 Å². The Morgan fingerprint density at radius 2 is 1.52 bits per heavy atom. The lowest BCUT2D eigenvalue weighted by Crippen LogP contribution is -2.31. The number of hydrogen-bond donors (Lipinski definition) is 1. The quantitative estimate of drug-likeness (QED) is 0.0538. The van der Waals surface area contributed by atoms with Crippen molar-refractivity contribution in [2.24, 2.45) is 5.11 Å². The fourth-order valence-electron chi connectivity index (χ4n) is 3.79. The van der Waals surface area contributed by atoms with Crippen molar-refractivity contribution >= 4 is 5.97 Å². The standard InChI is InChI=1S/C27H43N3O3/c1-2-3-4-5-6-7-8-9-10-11-12-13-14-15-19-22-26(25(23-31)29-30-28)33-27(32)24-20-17-16-18-21-24/h16-22,25-26,31H,2-15,23H2,1H3/b22-19+/t25-,26+/m0/s1. The second kappa shape index (κ2) is 20.3. The number of azide groups is 1. The van der Waals surface area contributed by atoms with E-state index >= 15 is 0 Å². The van der Waals surface area contributed by atoms with E-state index in [1.165, 1.54) is 77.0 Å². The molecular formula is C27H43N3O3. The van der Waals surface area contributed by atoms with Gasteiger partial charge in [-0.25, -0.2) is 4.79 Å². The molecule has 0 saturated heterocycles.